The first-order valence-corrected chi connectivity index (χ1v) is 7.81. The van der Waals surface area contributed by atoms with Crippen molar-refractivity contribution in [1.29, 1.82) is 0 Å². The van der Waals surface area contributed by atoms with Crippen LogP contribution in [0.25, 0.3) is 22.3 Å². The van der Waals surface area contributed by atoms with Crippen LogP contribution in [0.15, 0.2) is 45.6 Å². The molecule has 0 amide bonds. The van der Waals surface area contributed by atoms with Gasteiger partial charge in [0, 0.05) is 23.8 Å². The number of fused-ring (bicyclic) bond motifs is 1. The minimum absolute atomic E-state index is 0.0589. The maximum absolute atomic E-state index is 12.4. The van der Waals surface area contributed by atoms with Crippen LogP contribution in [-0.2, 0) is 0 Å². The Hall–Kier alpha value is -3.15. The molecule has 6 heteroatoms. The lowest BCUT2D eigenvalue weighted by Crippen LogP contribution is -2.05. The number of rotatable bonds is 4. The molecule has 130 valence electrons. The van der Waals surface area contributed by atoms with E-state index in [1.54, 1.807) is 6.07 Å². The number of aromatic hydroxyl groups is 3. The Kier molecular flexibility index (Phi) is 4.27. The van der Waals surface area contributed by atoms with Crippen molar-refractivity contribution in [3.05, 3.63) is 46.6 Å². The molecule has 0 bridgehead atoms. The number of phenols is 3. The third-order valence-corrected chi connectivity index (χ3v) is 3.63. The van der Waals surface area contributed by atoms with Gasteiger partial charge in [-0.05, 0) is 24.1 Å². The standard InChI is InChI=1S/C19H18O6/c1-10(2)9-24-12-6-15(22)19-16(23)8-17(25-18(19)7-12)11-3-4-13(20)14(21)5-11/h3-8,10,20-22H,9H2,1-2H3. The lowest BCUT2D eigenvalue weighted by atomic mass is 10.1. The molecular formula is C19H18O6. The molecule has 0 saturated carbocycles. The van der Waals surface area contributed by atoms with Gasteiger partial charge < -0.3 is 24.5 Å². The Morgan fingerprint density at radius 2 is 1.76 bits per heavy atom. The third-order valence-electron chi connectivity index (χ3n) is 3.63. The summed E-state index contributed by atoms with van der Waals surface area (Å²) in [4.78, 5) is 12.4. The average Bonchev–Trinajstić information content (AvgIpc) is 2.54. The van der Waals surface area contributed by atoms with Gasteiger partial charge in [-0.25, -0.2) is 0 Å². The summed E-state index contributed by atoms with van der Waals surface area (Å²) in [5, 5.41) is 29.2. The highest BCUT2D eigenvalue weighted by molar-refractivity contribution is 5.86. The summed E-state index contributed by atoms with van der Waals surface area (Å²) in [7, 11) is 0. The van der Waals surface area contributed by atoms with Crippen LogP contribution >= 0.6 is 0 Å². The van der Waals surface area contributed by atoms with Crippen molar-refractivity contribution < 1.29 is 24.5 Å². The van der Waals surface area contributed by atoms with Crippen LogP contribution in [0.3, 0.4) is 0 Å². The number of ether oxygens (including phenoxy) is 1. The number of phenolic OH excluding ortho intramolecular Hbond substituents is 3. The zero-order valence-corrected chi connectivity index (χ0v) is 13.8. The predicted octanol–water partition coefficient (Wildman–Crippen LogP) is 3.61. The van der Waals surface area contributed by atoms with Gasteiger partial charge in [0.2, 0.25) is 0 Å². The quantitative estimate of drug-likeness (QED) is 0.626. The summed E-state index contributed by atoms with van der Waals surface area (Å²) in [6.07, 6.45) is 0. The minimum Gasteiger partial charge on any atom is -0.507 e. The monoisotopic (exact) mass is 342 g/mol. The average molecular weight is 342 g/mol. The van der Waals surface area contributed by atoms with E-state index in [9.17, 15) is 20.1 Å². The highest BCUT2D eigenvalue weighted by Crippen LogP contribution is 2.34. The van der Waals surface area contributed by atoms with Crippen molar-refractivity contribution in [2.24, 2.45) is 5.92 Å². The van der Waals surface area contributed by atoms with Crippen molar-refractivity contribution >= 4 is 11.0 Å². The van der Waals surface area contributed by atoms with Crippen molar-refractivity contribution in [1.82, 2.24) is 0 Å². The maximum atomic E-state index is 12.4. The Balaban J connectivity index is 2.13. The Labute approximate surface area is 143 Å². The molecule has 0 unspecified atom stereocenters. The van der Waals surface area contributed by atoms with Gasteiger partial charge >= 0.3 is 0 Å². The second-order valence-corrected chi connectivity index (χ2v) is 6.20. The number of hydrogen-bond donors (Lipinski definition) is 3. The summed E-state index contributed by atoms with van der Waals surface area (Å²) < 4.78 is 11.3. The molecule has 25 heavy (non-hydrogen) atoms. The van der Waals surface area contributed by atoms with Crippen LogP contribution in [0.5, 0.6) is 23.0 Å². The molecule has 0 aliphatic carbocycles. The second-order valence-electron chi connectivity index (χ2n) is 6.20. The molecule has 0 spiro atoms. The fourth-order valence-corrected chi connectivity index (χ4v) is 2.41. The van der Waals surface area contributed by atoms with E-state index in [4.69, 9.17) is 9.15 Å². The van der Waals surface area contributed by atoms with Gasteiger partial charge in [-0.2, -0.15) is 0 Å². The predicted molar refractivity (Wildman–Crippen MR) is 93.2 cm³/mol. The molecule has 0 fully saturated rings. The lowest BCUT2D eigenvalue weighted by molar-refractivity contribution is 0.270. The molecular weight excluding hydrogens is 324 g/mol. The fraction of sp³-hybridized carbons (Fsp3) is 0.211. The van der Waals surface area contributed by atoms with E-state index < -0.39 is 5.43 Å². The van der Waals surface area contributed by atoms with E-state index in [0.29, 0.717) is 23.8 Å². The Morgan fingerprint density at radius 3 is 2.44 bits per heavy atom. The normalized spacial score (nSPS) is 11.2. The molecule has 1 aromatic heterocycles. The van der Waals surface area contributed by atoms with Crippen molar-refractivity contribution in [3.63, 3.8) is 0 Å². The van der Waals surface area contributed by atoms with Crippen molar-refractivity contribution in [2.75, 3.05) is 6.61 Å². The molecule has 3 rings (SSSR count). The fourth-order valence-electron chi connectivity index (χ4n) is 2.41. The zero-order valence-electron chi connectivity index (χ0n) is 13.8. The third kappa shape index (κ3) is 3.38. The molecule has 3 aromatic rings. The first-order valence-electron chi connectivity index (χ1n) is 7.81. The molecule has 0 atom stereocenters. The van der Waals surface area contributed by atoms with Crippen LogP contribution in [0, 0.1) is 5.92 Å². The SMILES string of the molecule is CC(C)COc1cc(O)c2c(=O)cc(-c3ccc(O)c(O)c3)oc2c1. The topological polar surface area (TPSA) is 100 Å². The smallest absolute Gasteiger partial charge is 0.197 e. The molecule has 6 nitrogen and oxygen atoms in total. The van der Waals surface area contributed by atoms with Crippen LogP contribution in [0.2, 0.25) is 0 Å². The van der Waals surface area contributed by atoms with Crippen LogP contribution < -0.4 is 10.2 Å². The highest BCUT2D eigenvalue weighted by Gasteiger charge is 2.14. The lowest BCUT2D eigenvalue weighted by Gasteiger charge is -2.11. The van der Waals surface area contributed by atoms with Gasteiger partial charge in [-0.15, -0.1) is 0 Å². The summed E-state index contributed by atoms with van der Waals surface area (Å²) >= 11 is 0. The van der Waals surface area contributed by atoms with E-state index in [2.05, 4.69) is 0 Å². The van der Waals surface area contributed by atoms with Crippen molar-refractivity contribution in [2.45, 2.75) is 13.8 Å². The van der Waals surface area contributed by atoms with Crippen LogP contribution in [0.4, 0.5) is 0 Å². The van der Waals surface area contributed by atoms with Gasteiger partial charge in [0.25, 0.3) is 0 Å². The molecule has 0 saturated heterocycles. The zero-order chi connectivity index (χ0) is 18.1. The van der Waals surface area contributed by atoms with E-state index >= 15 is 0 Å². The highest BCUT2D eigenvalue weighted by atomic mass is 16.5. The van der Waals surface area contributed by atoms with E-state index in [1.807, 2.05) is 13.8 Å². The molecule has 0 radical (unpaired) electrons. The molecule has 3 N–H and O–H groups in total. The van der Waals surface area contributed by atoms with Crippen LogP contribution in [0.1, 0.15) is 13.8 Å². The summed E-state index contributed by atoms with van der Waals surface area (Å²) in [5.41, 5.74) is 0.174. The maximum Gasteiger partial charge on any atom is 0.197 e. The van der Waals surface area contributed by atoms with Gasteiger partial charge in [0.15, 0.2) is 16.9 Å². The Bertz CT molecular complexity index is 987. The van der Waals surface area contributed by atoms with Gasteiger partial charge in [0.1, 0.15) is 28.2 Å². The van der Waals surface area contributed by atoms with Gasteiger partial charge in [-0.3, -0.25) is 4.79 Å². The van der Waals surface area contributed by atoms with E-state index in [-0.39, 0.29) is 34.0 Å². The number of benzene rings is 2. The molecule has 0 aliphatic heterocycles. The van der Waals surface area contributed by atoms with Crippen LogP contribution in [-0.4, -0.2) is 21.9 Å². The first-order chi connectivity index (χ1) is 11.8. The van der Waals surface area contributed by atoms with E-state index in [0.717, 1.165) is 0 Å². The molecule has 0 aliphatic rings. The first kappa shape index (κ1) is 16.7. The summed E-state index contributed by atoms with van der Waals surface area (Å²) in [5.74, 6) is 0.0908. The number of hydrogen-bond acceptors (Lipinski definition) is 6. The summed E-state index contributed by atoms with van der Waals surface area (Å²) in [6.45, 7) is 4.45. The molecule has 1 heterocycles. The largest absolute Gasteiger partial charge is 0.507 e. The molecule has 2 aromatic carbocycles. The second kappa shape index (κ2) is 6.39. The van der Waals surface area contributed by atoms with Gasteiger partial charge in [-0.1, -0.05) is 13.8 Å². The summed E-state index contributed by atoms with van der Waals surface area (Å²) in [6, 6.07) is 8.25. The van der Waals surface area contributed by atoms with Crippen molar-refractivity contribution in [3.8, 4) is 34.3 Å². The Morgan fingerprint density at radius 1 is 1.00 bits per heavy atom. The van der Waals surface area contributed by atoms with E-state index in [1.165, 1.54) is 30.3 Å². The minimum atomic E-state index is -0.420. The van der Waals surface area contributed by atoms with Gasteiger partial charge in [0.05, 0.1) is 6.61 Å².